The molecule has 0 aliphatic carbocycles. The number of carbonyl (C=O) groups excluding carboxylic acids is 2. The van der Waals surface area contributed by atoms with Gasteiger partial charge in [-0.2, -0.15) is 0 Å². The Bertz CT molecular complexity index is 394. The molecule has 0 fully saturated rings. The van der Waals surface area contributed by atoms with Crippen molar-refractivity contribution in [2.24, 2.45) is 0 Å². The molecule has 10 nitrogen and oxygen atoms in total. The molecule has 216 valence electrons. The minimum absolute atomic E-state index is 0. The quantitative estimate of drug-likeness (QED) is 0.131. The third-order valence-electron chi connectivity index (χ3n) is 4.26. The molecule has 0 bridgehead atoms. The largest absolute Gasteiger partial charge is 2.00 e. The summed E-state index contributed by atoms with van der Waals surface area (Å²) >= 11 is 0. The molecule has 0 amide bonds. The van der Waals surface area contributed by atoms with Gasteiger partial charge in [0.1, 0.15) is 0 Å². The van der Waals surface area contributed by atoms with E-state index in [0.29, 0.717) is 38.5 Å². The van der Waals surface area contributed by atoms with Gasteiger partial charge in [-0.1, -0.05) is 41.5 Å². The Morgan fingerprint density at radius 2 is 0.600 bits per heavy atom. The van der Waals surface area contributed by atoms with Crippen LogP contribution in [0.2, 0.25) is 0 Å². The van der Waals surface area contributed by atoms with Crippen LogP contribution in [0.15, 0.2) is 0 Å². The molecule has 0 aliphatic rings. The minimum Gasteiger partial charge on any atom is -0.550 e. The predicted molar refractivity (Wildman–Crippen MR) is 133 cm³/mol. The van der Waals surface area contributed by atoms with Crippen molar-refractivity contribution in [3.8, 4) is 0 Å². The van der Waals surface area contributed by atoms with Crippen molar-refractivity contribution in [3.05, 3.63) is 0 Å². The number of carbonyl (C=O) groups is 2. The van der Waals surface area contributed by atoms with Crippen molar-refractivity contribution >= 4 is 27.8 Å². The average molecular weight is 641 g/mol. The second-order valence-electron chi connectivity index (χ2n) is 7.21. The van der Waals surface area contributed by atoms with E-state index in [-0.39, 0.29) is 20.4 Å². The van der Waals surface area contributed by atoms with E-state index in [1.165, 1.54) is 0 Å². The zero-order chi connectivity index (χ0) is 28.0. The van der Waals surface area contributed by atoms with Crippen LogP contribution in [0, 0.1) is 0 Å². The first-order valence-corrected chi connectivity index (χ1v) is 14.7. The molecular weight excluding hydrogens is 593 g/mol. The number of aliphatic hydroxyl groups excluding tert-OH is 6. The summed E-state index contributed by atoms with van der Waals surface area (Å²) in [4.78, 5) is 17.8. The van der Waals surface area contributed by atoms with Crippen molar-refractivity contribution in [1.29, 1.82) is 0 Å². The average Bonchev–Trinajstić information content (AvgIpc) is 2.77. The van der Waals surface area contributed by atoms with Crippen LogP contribution in [-0.4, -0.2) is 77.6 Å². The van der Waals surface area contributed by atoms with E-state index in [2.05, 4.69) is 0 Å². The maximum absolute atomic E-state index is 9.63. The number of hydrogen-bond acceptors (Lipinski definition) is 10. The molecule has 6 unspecified atom stereocenters. The van der Waals surface area contributed by atoms with Crippen molar-refractivity contribution in [2.45, 2.75) is 129 Å². The van der Waals surface area contributed by atoms with Gasteiger partial charge >= 0.3 is 20.4 Å². The monoisotopic (exact) mass is 640 g/mol. The zero-order valence-electron chi connectivity index (χ0n) is 22.2. The molecule has 13 heteroatoms. The van der Waals surface area contributed by atoms with Gasteiger partial charge in [0, 0.05) is 11.9 Å². The molecule has 0 heterocycles. The first-order valence-electron chi connectivity index (χ1n) is 11.6. The van der Waals surface area contributed by atoms with E-state index in [4.69, 9.17) is 19.8 Å². The van der Waals surface area contributed by atoms with Gasteiger partial charge in [-0.3, -0.25) is 0 Å². The summed E-state index contributed by atoms with van der Waals surface area (Å²) < 4.78 is 0. The molecule has 35 heavy (non-hydrogen) atoms. The summed E-state index contributed by atoms with van der Waals surface area (Å²) in [6, 6.07) is 0. The van der Waals surface area contributed by atoms with E-state index < -0.39 is 62.9 Å². The van der Waals surface area contributed by atoms with E-state index in [1.807, 2.05) is 41.5 Å². The Labute approximate surface area is 227 Å². The molecule has 0 saturated heterocycles. The summed E-state index contributed by atoms with van der Waals surface area (Å²) in [5, 5.41) is 75.6. The van der Waals surface area contributed by atoms with E-state index >= 15 is 0 Å². The second-order valence-corrected chi connectivity index (χ2v) is 12.6. The van der Waals surface area contributed by atoms with E-state index in [9.17, 15) is 30.6 Å². The van der Waals surface area contributed by atoms with Gasteiger partial charge in [0.15, 0.2) is 0 Å². The van der Waals surface area contributed by atoms with Crippen molar-refractivity contribution in [3.63, 3.8) is 0 Å². The molecule has 0 aromatic rings. The first kappa shape index (κ1) is 45.2. The summed E-state index contributed by atoms with van der Waals surface area (Å²) in [6.07, 6.45) is 3.58. The van der Waals surface area contributed by atoms with Crippen molar-refractivity contribution in [2.75, 3.05) is 0 Å². The Kier molecular flexibility index (Phi) is 37.1. The molecule has 0 radical (unpaired) electrons. The summed E-state index contributed by atoms with van der Waals surface area (Å²) in [6.45, 7) is 13.1. The maximum Gasteiger partial charge on any atom is 2.00 e. The number of carboxylic acid groups (broad SMARTS) is 2. The number of hydrogen-bond donors (Lipinski definition) is 6. The van der Waals surface area contributed by atoms with Crippen LogP contribution in [-0.2, 0) is 30.0 Å². The molecule has 0 spiro atoms. The predicted octanol–water partition coefficient (Wildman–Crippen LogP) is 0.817. The van der Waals surface area contributed by atoms with Crippen molar-refractivity contribution in [1.82, 2.24) is 0 Å². The van der Waals surface area contributed by atoms with Gasteiger partial charge in [0.2, 0.25) is 0 Å². The fourth-order valence-electron chi connectivity index (χ4n) is 2.46. The van der Waals surface area contributed by atoms with Crippen LogP contribution in [0.1, 0.15) is 93.9 Å². The van der Waals surface area contributed by atoms with Gasteiger partial charge in [0.25, 0.3) is 0 Å². The summed E-state index contributed by atoms with van der Waals surface area (Å²) in [5.74, 6) is -5.42. The maximum atomic E-state index is 9.63. The van der Waals surface area contributed by atoms with Crippen LogP contribution in [0.3, 0.4) is 0 Å². The molecule has 6 atom stereocenters. The number of aliphatic carboxylic acids is 2. The SMILES string of the molecule is CC(=O)[O-].CC(=O)[O-].CCC(O)P(C(O)CC)C(O)CC.CCC(O)P(C(O)CC)C(O)CC.[Pd+2]. The molecule has 0 aromatic heterocycles. The van der Waals surface area contributed by atoms with Gasteiger partial charge in [0.05, 0.1) is 35.1 Å². The zero-order valence-corrected chi connectivity index (χ0v) is 25.6. The van der Waals surface area contributed by atoms with E-state index in [1.54, 1.807) is 0 Å². The van der Waals surface area contributed by atoms with Crippen molar-refractivity contribution < 1.29 is 70.9 Å². The number of rotatable bonds is 12. The molecule has 0 aliphatic heterocycles. The Balaban J connectivity index is -0.000000128. The summed E-state index contributed by atoms with van der Waals surface area (Å²) in [5.41, 5.74) is 0. The normalized spacial score (nSPS) is 16.9. The fraction of sp³-hybridized carbons (Fsp3) is 0.909. The van der Waals surface area contributed by atoms with Gasteiger partial charge in [-0.05, 0) is 68.2 Å². The minimum atomic E-state index is -1.08. The van der Waals surface area contributed by atoms with Crippen LogP contribution >= 0.6 is 15.8 Å². The standard InChI is InChI=1S/2C9H21O3P.2C2H4O2.Pd/c2*1-4-7(10)13(8(11)5-2)9(12)6-3;2*1-2(3)4;/h2*7-12H,4-6H2,1-3H3;2*1H3,(H,3,4);/q;;;;+2/p-2. The topological polar surface area (TPSA) is 202 Å². The van der Waals surface area contributed by atoms with E-state index in [0.717, 1.165) is 13.8 Å². The van der Waals surface area contributed by atoms with Gasteiger partial charge in [-0.15, -0.1) is 0 Å². The number of aliphatic hydroxyl groups is 6. The third-order valence-corrected chi connectivity index (χ3v) is 10.6. The molecular formula is C22H48O10P2Pd. The molecule has 0 saturated carbocycles. The molecule has 6 N–H and O–H groups in total. The van der Waals surface area contributed by atoms with Crippen LogP contribution < -0.4 is 10.2 Å². The van der Waals surface area contributed by atoms with Crippen LogP contribution in [0.4, 0.5) is 0 Å². The second kappa shape index (κ2) is 28.8. The third kappa shape index (κ3) is 27.1. The van der Waals surface area contributed by atoms with Crippen LogP contribution in [0.25, 0.3) is 0 Å². The Morgan fingerprint density at radius 1 is 0.514 bits per heavy atom. The van der Waals surface area contributed by atoms with Gasteiger partial charge in [-0.25, -0.2) is 0 Å². The van der Waals surface area contributed by atoms with Gasteiger partial charge < -0.3 is 50.4 Å². The number of carboxylic acids is 2. The first-order chi connectivity index (χ1) is 15.6. The fourth-order valence-corrected chi connectivity index (χ4v) is 7.37. The summed E-state index contributed by atoms with van der Waals surface area (Å²) in [7, 11) is -2.16. The molecule has 0 rings (SSSR count). The Morgan fingerprint density at radius 3 is 0.657 bits per heavy atom. The van der Waals surface area contributed by atoms with Crippen LogP contribution in [0.5, 0.6) is 0 Å². The molecule has 0 aromatic carbocycles. The smallest absolute Gasteiger partial charge is 0.550 e. The Hall–Kier alpha value is 0.222.